The van der Waals surface area contributed by atoms with Crippen molar-refractivity contribution >= 4 is 17.7 Å². The van der Waals surface area contributed by atoms with E-state index in [4.69, 9.17) is 14.2 Å². The first-order valence-electron chi connectivity index (χ1n) is 13.7. The van der Waals surface area contributed by atoms with Crippen molar-refractivity contribution in [3.63, 3.8) is 0 Å². The van der Waals surface area contributed by atoms with E-state index in [1.807, 2.05) is 51.3 Å². The van der Waals surface area contributed by atoms with Crippen LogP contribution in [0.1, 0.15) is 102 Å². The fourth-order valence-electron chi connectivity index (χ4n) is 4.78. The molecule has 0 fully saturated rings. The maximum Gasteiger partial charge on any atom is 0.355 e. The van der Waals surface area contributed by atoms with Crippen LogP contribution in [0.25, 0.3) is 0 Å². The number of aromatic nitrogens is 1. The fraction of sp³-hybridized carbons (Fsp3) is 0.581. The van der Waals surface area contributed by atoms with Gasteiger partial charge in [-0.2, -0.15) is 0 Å². The number of nitrogens with zero attached hydrogens (tertiary/aromatic N) is 1. The number of ketones is 1. The summed E-state index contributed by atoms with van der Waals surface area (Å²) in [7, 11) is 0. The molecule has 0 spiro atoms. The van der Waals surface area contributed by atoms with Gasteiger partial charge in [-0.25, -0.2) is 4.79 Å². The Hall–Kier alpha value is -3.09. The summed E-state index contributed by atoms with van der Waals surface area (Å²) in [6, 6.07) is 9.93. The first-order chi connectivity index (χ1) is 17.8. The third kappa shape index (κ3) is 7.06. The summed E-state index contributed by atoms with van der Waals surface area (Å²) in [6.45, 7) is 18.3. The third-order valence-corrected chi connectivity index (χ3v) is 7.19. The van der Waals surface area contributed by atoms with Gasteiger partial charge in [-0.15, -0.1) is 0 Å². The molecule has 0 saturated carbocycles. The number of hydrogen-bond donors (Lipinski definition) is 0. The molecule has 1 aromatic heterocycles. The lowest BCUT2D eigenvalue weighted by molar-refractivity contribution is -0.145. The van der Waals surface area contributed by atoms with Crippen LogP contribution in [0.15, 0.2) is 30.3 Å². The number of aryl methyl sites for hydroxylation is 1. The molecule has 1 aromatic carbocycles. The molecule has 0 N–H and O–H groups in total. The van der Waals surface area contributed by atoms with Crippen LogP contribution in [0, 0.1) is 12.3 Å². The number of ether oxygens (including phenoxy) is 3. The zero-order valence-electron chi connectivity index (χ0n) is 24.6. The second-order valence-electron chi connectivity index (χ2n) is 10.8. The minimum Gasteiger partial charge on any atom is -0.486 e. The van der Waals surface area contributed by atoms with Crippen molar-refractivity contribution in [1.29, 1.82) is 0 Å². The van der Waals surface area contributed by atoms with E-state index in [1.54, 1.807) is 19.9 Å². The van der Waals surface area contributed by atoms with Crippen molar-refractivity contribution in [2.24, 2.45) is 5.41 Å². The highest BCUT2D eigenvalue weighted by atomic mass is 16.6. The van der Waals surface area contributed by atoms with Crippen LogP contribution in [-0.4, -0.2) is 41.6 Å². The SMILES string of the molecule is CCOC(=O)CC(C)OC(=O)c1ccc(C(CC)(CC)c2ccc(OCC(=O)C(C)(C)C)c(C)c2)n1CC. The number of benzene rings is 1. The van der Waals surface area contributed by atoms with Crippen molar-refractivity contribution in [3.05, 3.63) is 52.8 Å². The average Bonchev–Trinajstić information content (AvgIpc) is 3.28. The quantitative estimate of drug-likeness (QED) is 0.280. The van der Waals surface area contributed by atoms with E-state index in [2.05, 4.69) is 26.0 Å². The van der Waals surface area contributed by atoms with Gasteiger partial charge in [0.15, 0.2) is 5.78 Å². The molecule has 0 aliphatic rings. The van der Waals surface area contributed by atoms with Gasteiger partial charge in [0.05, 0.1) is 13.0 Å². The number of carbonyl (C=O) groups is 3. The van der Waals surface area contributed by atoms with Crippen molar-refractivity contribution in [2.75, 3.05) is 13.2 Å². The highest BCUT2D eigenvalue weighted by Gasteiger charge is 2.35. The monoisotopic (exact) mass is 527 g/mol. The van der Waals surface area contributed by atoms with Gasteiger partial charge in [-0.3, -0.25) is 9.59 Å². The number of esters is 2. The summed E-state index contributed by atoms with van der Waals surface area (Å²) >= 11 is 0. The first-order valence-corrected chi connectivity index (χ1v) is 13.7. The predicted octanol–water partition coefficient (Wildman–Crippen LogP) is 6.42. The Morgan fingerprint density at radius 1 is 0.974 bits per heavy atom. The Morgan fingerprint density at radius 2 is 1.63 bits per heavy atom. The maximum atomic E-state index is 13.1. The van der Waals surface area contributed by atoms with Gasteiger partial charge < -0.3 is 18.8 Å². The fourth-order valence-corrected chi connectivity index (χ4v) is 4.78. The van der Waals surface area contributed by atoms with Crippen LogP contribution in [-0.2, 0) is 31.0 Å². The van der Waals surface area contributed by atoms with Crippen LogP contribution in [0.3, 0.4) is 0 Å². The van der Waals surface area contributed by atoms with Crippen LogP contribution in [0.4, 0.5) is 0 Å². The van der Waals surface area contributed by atoms with Gasteiger partial charge in [0.1, 0.15) is 24.2 Å². The lowest BCUT2D eigenvalue weighted by Crippen LogP contribution is -2.31. The molecule has 0 aliphatic carbocycles. The highest BCUT2D eigenvalue weighted by Crippen LogP contribution is 2.41. The highest BCUT2D eigenvalue weighted by molar-refractivity contribution is 5.88. The van der Waals surface area contributed by atoms with Crippen LogP contribution < -0.4 is 4.74 Å². The zero-order valence-corrected chi connectivity index (χ0v) is 24.6. The minimum atomic E-state index is -0.590. The van der Waals surface area contributed by atoms with Crippen molar-refractivity contribution in [3.8, 4) is 5.75 Å². The Kier molecular flexibility index (Phi) is 10.7. The standard InChI is InChI=1S/C31H45NO6/c1-10-31(11-2,23-14-16-25(21(5)18-23)37-20-27(33)30(7,8)9)26-17-15-24(32(26)12-3)29(35)38-22(6)19-28(34)36-13-4/h14-18,22H,10-13,19-20H2,1-9H3. The number of Topliss-reactive ketones (excluding diaryl/α,β-unsaturated/α-hetero) is 1. The second kappa shape index (κ2) is 13.1. The molecule has 2 rings (SSSR count). The number of rotatable bonds is 13. The molecule has 0 radical (unpaired) electrons. The minimum absolute atomic E-state index is 0.0160. The molecule has 1 heterocycles. The Labute approximate surface area is 227 Å². The van der Waals surface area contributed by atoms with Crippen LogP contribution >= 0.6 is 0 Å². The topological polar surface area (TPSA) is 83.8 Å². The molecule has 7 heteroatoms. The molecule has 1 unspecified atom stereocenters. The van der Waals surface area contributed by atoms with E-state index in [9.17, 15) is 14.4 Å². The van der Waals surface area contributed by atoms with Gasteiger partial charge in [0.2, 0.25) is 0 Å². The van der Waals surface area contributed by atoms with E-state index in [0.29, 0.717) is 24.6 Å². The largest absolute Gasteiger partial charge is 0.486 e. The lowest BCUT2D eigenvalue weighted by atomic mass is 9.72. The second-order valence-corrected chi connectivity index (χ2v) is 10.8. The Balaban J connectivity index is 2.37. The molecule has 0 amide bonds. The van der Waals surface area contributed by atoms with E-state index in [-0.39, 0.29) is 30.2 Å². The van der Waals surface area contributed by atoms with Gasteiger partial charge in [0, 0.05) is 23.1 Å². The molecule has 0 aliphatic heterocycles. The van der Waals surface area contributed by atoms with E-state index in [1.165, 1.54) is 0 Å². The third-order valence-electron chi connectivity index (χ3n) is 7.19. The van der Waals surface area contributed by atoms with Crippen molar-refractivity contribution in [1.82, 2.24) is 4.57 Å². The molecule has 1 atom stereocenters. The van der Waals surface area contributed by atoms with Gasteiger partial charge in [-0.05, 0) is 69.9 Å². The van der Waals surface area contributed by atoms with E-state index < -0.39 is 17.5 Å². The normalized spacial score (nSPS) is 12.7. The number of carbonyl (C=O) groups excluding carboxylic acids is 3. The maximum absolute atomic E-state index is 13.1. The van der Waals surface area contributed by atoms with Gasteiger partial charge in [-0.1, -0.05) is 46.8 Å². The summed E-state index contributed by atoms with van der Waals surface area (Å²) in [5.74, 6) is -0.104. The van der Waals surface area contributed by atoms with Gasteiger partial charge >= 0.3 is 11.9 Å². The molecule has 0 saturated heterocycles. The Bertz CT molecular complexity index is 1120. The van der Waals surface area contributed by atoms with Crippen molar-refractivity contribution < 1.29 is 28.6 Å². The molecule has 7 nitrogen and oxygen atoms in total. The molecular weight excluding hydrogens is 482 g/mol. The smallest absolute Gasteiger partial charge is 0.355 e. The summed E-state index contributed by atoms with van der Waals surface area (Å²) in [5, 5.41) is 0. The van der Waals surface area contributed by atoms with E-state index in [0.717, 1.165) is 29.7 Å². The predicted molar refractivity (Wildman–Crippen MR) is 149 cm³/mol. The zero-order chi connectivity index (χ0) is 28.7. The Morgan fingerprint density at radius 3 is 2.16 bits per heavy atom. The first kappa shape index (κ1) is 31.1. The lowest BCUT2D eigenvalue weighted by Gasteiger charge is -2.34. The molecule has 0 bridgehead atoms. The summed E-state index contributed by atoms with van der Waals surface area (Å²) in [6.07, 6.45) is 1.07. The summed E-state index contributed by atoms with van der Waals surface area (Å²) < 4.78 is 18.5. The molecular formula is C31H45NO6. The number of hydrogen-bond acceptors (Lipinski definition) is 6. The summed E-state index contributed by atoms with van der Waals surface area (Å²) in [5.41, 5.74) is 2.78. The van der Waals surface area contributed by atoms with E-state index >= 15 is 0 Å². The molecule has 38 heavy (non-hydrogen) atoms. The molecule has 210 valence electrons. The van der Waals surface area contributed by atoms with Crippen molar-refractivity contribution in [2.45, 2.75) is 99.6 Å². The van der Waals surface area contributed by atoms with Crippen LogP contribution in [0.2, 0.25) is 0 Å². The molecule has 2 aromatic rings. The summed E-state index contributed by atoms with van der Waals surface area (Å²) in [4.78, 5) is 37.2. The van der Waals surface area contributed by atoms with Gasteiger partial charge in [0.25, 0.3) is 0 Å². The average molecular weight is 528 g/mol. The van der Waals surface area contributed by atoms with Crippen LogP contribution in [0.5, 0.6) is 5.75 Å².